The Morgan fingerprint density at radius 2 is 1.96 bits per heavy atom. The van der Waals surface area contributed by atoms with E-state index in [1.54, 1.807) is 6.07 Å². The van der Waals surface area contributed by atoms with Crippen molar-refractivity contribution in [2.75, 3.05) is 0 Å². The number of halogens is 1. The maximum Gasteiger partial charge on any atom is 0.251 e. The SMILES string of the molecule is Cc1cc(CNC(=O)c2cc(CO)cc(-c3cccn3C)c2)ccc1Cl. The van der Waals surface area contributed by atoms with E-state index < -0.39 is 0 Å². The molecule has 26 heavy (non-hydrogen) atoms. The van der Waals surface area contributed by atoms with Crippen LogP contribution < -0.4 is 5.32 Å². The highest BCUT2D eigenvalue weighted by Crippen LogP contribution is 2.23. The Balaban J connectivity index is 1.82. The van der Waals surface area contributed by atoms with Gasteiger partial charge in [-0.15, -0.1) is 0 Å². The van der Waals surface area contributed by atoms with Gasteiger partial charge >= 0.3 is 0 Å². The van der Waals surface area contributed by atoms with E-state index in [1.807, 2.05) is 67.2 Å². The van der Waals surface area contributed by atoms with Gasteiger partial charge in [-0.25, -0.2) is 0 Å². The van der Waals surface area contributed by atoms with Gasteiger partial charge in [-0.05, 0) is 65.6 Å². The molecular formula is C21H21ClN2O2. The molecule has 2 N–H and O–H groups in total. The lowest BCUT2D eigenvalue weighted by atomic mass is 10.0. The van der Waals surface area contributed by atoms with Crippen molar-refractivity contribution in [3.05, 3.63) is 82.0 Å². The number of amides is 1. The molecule has 5 heteroatoms. The van der Waals surface area contributed by atoms with Crippen LogP contribution in [0.5, 0.6) is 0 Å². The summed E-state index contributed by atoms with van der Waals surface area (Å²) in [5, 5.41) is 13.2. The minimum absolute atomic E-state index is 0.116. The fraction of sp³-hybridized carbons (Fsp3) is 0.190. The van der Waals surface area contributed by atoms with Crippen LogP contribution in [0.4, 0.5) is 0 Å². The highest BCUT2D eigenvalue weighted by Gasteiger charge is 2.11. The summed E-state index contributed by atoms with van der Waals surface area (Å²) >= 11 is 6.04. The summed E-state index contributed by atoms with van der Waals surface area (Å²) in [6.45, 7) is 2.24. The van der Waals surface area contributed by atoms with E-state index in [-0.39, 0.29) is 12.5 Å². The molecule has 3 aromatic rings. The highest BCUT2D eigenvalue weighted by molar-refractivity contribution is 6.31. The number of aliphatic hydroxyl groups excluding tert-OH is 1. The Labute approximate surface area is 158 Å². The third-order valence-electron chi connectivity index (χ3n) is 4.35. The highest BCUT2D eigenvalue weighted by atomic mass is 35.5. The molecule has 0 saturated carbocycles. The molecule has 134 valence electrons. The second-order valence-electron chi connectivity index (χ2n) is 6.35. The number of nitrogens with one attached hydrogen (secondary N) is 1. The van der Waals surface area contributed by atoms with Crippen molar-refractivity contribution in [1.29, 1.82) is 0 Å². The second-order valence-corrected chi connectivity index (χ2v) is 6.75. The first-order valence-electron chi connectivity index (χ1n) is 8.37. The first kappa shape index (κ1) is 18.2. The average Bonchev–Trinajstić information content (AvgIpc) is 3.08. The molecule has 0 saturated heterocycles. The van der Waals surface area contributed by atoms with Gasteiger partial charge in [-0.1, -0.05) is 23.7 Å². The fourth-order valence-corrected chi connectivity index (χ4v) is 3.04. The topological polar surface area (TPSA) is 54.3 Å². The van der Waals surface area contributed by atoms with Gasteiger partial charge in [0.1, 0.15) is 0 Å². The summed E-state index contributed by atoms with van der Waals surface area (Å²) in [7, 11) is 1.95. The van der Waals surface area contributed by atoms with Gasteiger partial charge in [-0.3, -0.25) is 4.79 Å². The maximum atomic E-state index is 12.6. The molecule has 0 radical (unpaired) electrons. The van der Waals surface area contributed by atoms with E-state index in [4.69, 9.17) is 11.6 Å². The average molecular weight is 369 g/mol. The van der Waals surface area contributed by atoms with Crippen molar-refractivity contribution in [1.82, 2.24) is 9.88 Å². The smallest absolute Gasteiger partial charge is 0.251 e. The summed E-state index contributed by atoms with van der Waals surface area (Å²) in [5.74, 6) is -0.177. The molecule has 0 bridgehead atoms. The maximum absolute atomic E-state index is 12.6. The van der Waals surface area contributed by atoms with Crippen LogP contribution in [0.15, 0.2) is 54.7 Å². The number of aliphatic hydroxyl groups is 1. The number of aryl methyl sites for hydroxylation is 2. The zero-order valence-corrected chi connectivity index (χ0v) is 15.5. The van der Waals surface area contributed by atoms with Crippen LogP contribution >= 0.6 is 11.6 Å². The van der Waals surface area contributed by atoms with Crippen molar-refractivity contribution < 1.29 is 9.90 Å². The Morgan fingerprint density at radius 3 is 2.62 bits per heavy atom. The molecule has 3 rings (SSSR count). The third-order valence-corrected chi connectivity index (χ3v) is 4.78. The van der Waals surface area contributed by atoms with Crippen molar-refractivity contribution in [3.8, 4) is 11.3 Å². The number of hydrogen-bond acceptors (Lipinski definition) is 2. The van der Waals surface area contributed by atoms with Crippen LogP contribution in [0.2, 0.25) is 5.02 Å². The van der Waals surface area contributed by atoms with Crippen LogP contribution in [-0.2, 0) is 20.2 Å². The molecule has 1 aromatic heterocycles. The van der Waals surface area contributed by atoms with E-state index in [1.165, 1.54) is 0 Å². The van der Waals surface area contributed by atoms with Gasteiger partial charge in [0.05, 0.1) is 6.61 Å². The zero-order chi connectivity index (χ0) is 18.7. The van der Waals surface area contributed by atoms with Gasteiger partial charge in [0.2, 0.25) is 0 Å². The molecule has 0 atom stereocenters. The molecule has 0 fully saturated rings. The fourth-order valence-electron chi connectivity index (χ4n) is 2.92. The van der Waals surface area contributed by atoms with Crippen molar-refractivity contribution >= 4 is 17.5 Å². The molecule has 0 spiro atoms. The summed E-state index contributed by atoms with van der Waals surface area (Å²) in [6.07, 6.45) is 1.95. The van der Waals surface area contributed by atoms with Crippen LogP contribution in [-0.4, -0.2) is 15.6 Å². The molecule has 4 nitrogen and oxygen atoms in total. The summed E-state index contributed by atoms with van der Waals surface area (Å²) in [4.78, 5) is 12.6. The number of aromatic nitrogens is 1. The minimum atomic E-state index is -0.177. The van der Waals surface area contributed by atoms with Gasteiger partial charge in [0.15, 0.2) is 0 Å². The molecule has 2 aromatic carbocycles. The third kappa shape index (κ3) is 3.98. The lowest BCUT2D eigenvalue weighted by Crippen LogP contribution is -2.23. The Kier molecular flexibility index (Phi) is 5.45. The van der Waals surface area contributed by atoms with E-state index in [0.29, 0.717) is 22.7 Å². The standard InChI is InChI=1S/C21H21ClN2O2/c1-14-8-15(5-6-19(14)22)12-23-21(26)18-10-16(13-25)9-17(11-18)20-4-3-7-24(20)2/h3-11,25H,12-13H2,1-2H3,(H,23,26). The first-order valence-corrected chi connectivity index (χ1v) is 8.75. The van der Waals surface area contributed by atoms with Crippen LogP contribution in [0.1, 0.15) is 27.0 Å². The van der Waals surface area contributed by atoms with Crippen LogP contribution in [0, 0.1) is 6.92 Å². The van der Waals surface area contributed by atoms with Gasteiger partial charge in [-0.2, -0.15) is 0 Å². The van der Waals surface area contributed by atoms with Crippen LogP contribution in [0.25, 0.3) is 11.3 Å². The Hall–Kier alpha value is -2.56. The number of hydrogen-bond donors (Lipinski definition) is 2. The molecule has 0 aliphatic rings. The minimum Gasteiger partial charge on any atom is -0.392 e. The number of carbonyl (C=O) groups excluding carboxylic acids is 1. The number of carbonyl (C=O) groups is 1. The van der Waals surface area contributed by atoms with Crippen molar-refractivity contribution in [2.45, 2.75) is 20.1 Å². The summed E-state index contributed by atoms with van der Waals surface area (Å²) in [6, 6.07) is 15.1. The second kappa shape index (κ2) is 7.77. The number of nitrogens with zero attached hydrogens (tertiary/aromatic N) is 1. The monoisotopic (exact) mass is 368 g/mol. The van der Waals surface area contributed by atoms with Gasteiger partial charge < -0.3 is 15.0 Å². The van der Waals surface area contributed by atoms with Crippen molar-refractivity contribution in [2.24, 2.45) is 7.05 Å². The number of rotatable bonds is 5. The predicted molar refractivity (Wildman–Crippen MR) is 104 cm³/mol. The molecule has 1 amide bonds. The summed E-state index contributed by atoms with van der Waals surface area (Å²) < 4.78 is 1.98. The van der Waals surface area contributed by atoms with Crippen molar-refractivity contribution in [3.63, 3.8) is 0 Å². The van der Waals surface area contributed by atoms with E-state index >= 15 is 0 Å². The van der Waals surface area contributed by atoms with E-state index in [9.17, 15) is 9.90 Å². The summed E-state index contributed by atoms with van der Waals surface area (Å²) in [5.41, 5.74) is 5.08. The lowest BCUT2D eigenvalue weighted by molar-refractivity contribution is 0.0950. The normalized spacial score (nSPS) is 10.8. The Morgan fingerprint density at radius 1 is 1.15 bits per heavy atom. The number of benzene rings is 2. The van der Waals surface area contributed by atoms with Gasteiger partial charge in [0, 0.05) is 36.1 Å². The van der Waals surface area contributed by atoms with E-state index in [2.05, 4.69) is 5.32 Å². The Bertz CT molecular complexity index is 947. The predicted octanol–water partition coefficient (Wildman–Crippen LogP) is 4.08. The molecular weight excluding hydrogens is 348 g/mol. The molecule has 0 aliphatic heterocycles. The lowest BCUT2D eigenvalue weighted by Gasteiger charge is -2.11. The van der Waals surface area contributed by atoms with Gasteiger partial charge in [0.25, 0.3) is 5.91 Å². The van der Waals surface area contributed by atoms with Crippen LogP contribution in [0.3, 0.4) is 0 Å². The molecule has 0 aliphatic carbocycles. The molecule has 0 unspecified atom stereocenters. The molecule has 1 heterocycles. The zero-order valence-electron chi connectivity index (χ0n) is 14.8. The van der Waals surface area contributed by atoms with E-state index in [0.717, 1.165) is 22.4 Å². The first-order chi connectivity index (χ1) is 12.5. The largest absolute Gasteiger partial charge is 0.392 e. The quantitative estimate of drug-likeness (QED) is 0.713.